The van der Waals surface area contributed by atoms with Crippen LogP contribution in [0, 0.1) is 5.41 Å². The normalized spacial score (nSPS) is 15.3. The molecule has 0 saturated carbocycles. The van der Waals surface area contributed by atoms with E-state index in [0.29, 0.717) is 6.42 Å². The Balaban J connectivity index is 4.71. The van der Waals surface area contributed by atoms with Gasteiger partial charge in [-0.1, -0.05) is 15.9 Å². The van der Waals surface area contributed by atoms with Crippen molar-refractivity contribution in [2.45, 2.75) is 31.5 Å². The molecule has 88 valence electrons. The summed E-state index contributed by atoms with van der Waals surface area (Å²) in [6, 6.07) is 0. The number of hydrogen-bond acceptors (Lipinski definition) is 4. The molecule has 0 amide bonds. The molecule has 4 nitrogen and oxygen atoms in total. The van der Waals surface area contributed by atoms with Crippen LogP contribution >= 0.6 is 15.9 Å². The summed E-state index contributed by atoms with van der Waals surface area (Å²) in [4.78, 5) is 22.8. The van der Waals surface area contributed by atoms with E-state index in [-0.39, 0.29) is 5.97 Å². The molecular formula is C10H17BrO4. The topological polar surface area (TPSA) is 52.6 Å². The van der Waals surface area contributed by atoms with E-state index in [0.717, 1.165) is 0 Å². The molecule has 0 aliphatic rings. The van der Waals surface area contributed by atoms with E-state index in [1.807, 2.05) is 0 Å². The molecule has 0 aromatic heterocycles. The third-order valence-electron chi connectivity index (χ3n) is 2.12. The second kappa shape index (κ2) is 4.96. The van der Waals surface area contributed by atoms with Gasteiger partial charge in [0.25, 0.3) is 0 Å². The van der Waals surface area contributed by atoms with E-state index in [1.165, 1.54) is 14.2 Å². The number of carbonyl (C=O) groups excluding carboxylic acids is 2. The second-order valence-corrected chi connectivity index (χ2v) is 5.99. The van der Waals surface area contributed by atoms with Gasteiger partial charge in [0.05, 0.1) is 19.6 Å². The monoisotopic (exact) mass is 280 g/mol. The minimum absolute atomic E-state index is 0.305. The van der Waals surface area contributed by atoms with Crippen molar-refractivity contribution >= 4 is 27.9 Å². The van der Waals surface area contributed by atoms with Crippen LogP contribution in [-0.2, 0) is 19.1 Å². The summed E-state index contributed by atoms with van der Waals surface area (Å²) in [6.45, 7) is 5.12. The first-order valence-corrected chi connectivity index (χ1v) is 5.32. The summed E-state index contributed by atoms with van der Waals surface area (Å²) >= 11 is 3.26. The van der Waals surface area contributed by atoms with Crippen molar-refractivity contribution < 1.29 is 19.1 Å². The fourth-order valence-electron chi connectivity index (χ4n) is 1.46. The zero-order chi connectivity index (χ0) is 12.3. The lowest BCUT2D eigenvalue weighted by Gasteiger charge is -2.29. The molecule has 0 radical (unpaired) electrons. The summed E-state index contributed by atoms with van der Waals surface area (Å²) in [6.07, 6.45) is 0.305. The molecule has 1 unspecified atom stereocenters. The zero-order valence-corrected chi connectivity index (χ0v) is 11.3. The lowest BCUT2D eigenvalue weighted by molar-refractivity contribution is -0.153. The van der Waals surface area contributed by atoms with Gasteiger partial charge in [0.2, 0.25) is 0 Å². The Labute approximate surface area is 98.4 Å². The lowest BCUT2D eigenvalue weighted by atomic mass is 9.83. The summed E-state index contributed by atoms with van der Waals surface area (Å²) in [5.41, 5.74) is -0.735. The fourth-order valence-corrected chi connectivity index (χ4v) is 2.33. The van der Waals surface area contributed by atoms with Crippen molar-refractivity contribution in [1.29, 1.82) is 0 Å². The van der Waals surface area contributed by atoms with Crippen molar-refractivity contribution in [2.24, 2.45) is 5.41 Å². The first-order valence-electron chi connectivity index (χ1n) is 4.53. The third-order valence-corrected chi connectivity index (χ3v) is 2.73. The second-order valence-electron chi connectivity index (χ2n) is 4.24. The Kier molecular flexibility index (Phi) is 4.77. The molecular weight excluding hydrogens is 264 g/mol. The minimum atomic E-state index is -0.876. The zero-order valence-electron chi connectivity index (χ0n) is 9.72. The summed E-state index contributed by atoms with van der Waals surface area (Å²) < 4.78 is 8.42. The van der Waals surface area contributed by atoms with E-state index in [9.17, 15) is 9.59 Å². The summed E-state index contributed by atoms with van der Waals surface area (Å²) in [7, 11) is 2.64. The van der Waals surface area contributed by atoms with Crippen LogP contribution in [-0.4, -0.2) is 30.5 Å². The van der Waals surface area contributed by atoms with Gasteiger partial charge < -0.3 is 9.47 Å². The Morgan fingerprint density at radius 3 is 1.80 bits per heavy atom. The molecule has 0 aromatic rings. The summed E-state index contributed by atoms with van der Waals surface area (Å²) in [5.74, 6) is -0.753. The number of ether oxygens (including phenoxy) is 2. The van der Waals surface area contributed by atoms with Gasteiger partial charge in [0.15, 0.2) is 0 Å². The van der Waals surface area contributed by atoms with Gasteiger partial charge in [-0.15, -0.1) is 0 Å². The Morgan fingerprint density at radius 2 is 1.47 bits per heavy atom. The Morgan fingerprint density at radius 1 is 1.07 bits per heavy atom. The van der Waals surface area contributed by atoms with Crippen LogP contribution in [0.2, 0.25) is 0 Å². The Bertz CT molecular complexity index is 232. The molecule has 0 N–H and O–H groups in total. The lowest BCUT2D eigenvalue weighted by Crippen LogP contribution is -2.39. The minimum Gasteiger partial charge on any atom is -0.469 e. The van der Waals surface area contributed by atoms with E-state index in [2.05, 4.69) is 25.4 Å². The average molecular weight is 281 g/mol. The molecule has 15 heavy (non-hydrogen) atoms. The molecule has 0 saturated heterocycles. The molecule has 0 aliphatic carbocycles. The van der Waals surface area contributed by atoms with Crippen molar-refractivity contribution in [1.82, 2.24) is 0 Å². The van der Waals surface area contributed by atoms with Crippen LogP contribution in [0.25, 0.3) is 0 Å². The molecule has 1 atom stereocenters. The van der Waals surface area contributed by atoms with E-state index in [4.69, 9.17) is 0 Å². The molecule has 0 rings (SSSR count). The number of esters is 2. The predicted octanol–water partition coefficient (Wildman–Crippen LogP) is 1.90. The maximum atomic E-state index is 11.4. The highest BCUT2D eigenvalue weighted by Gasteiger charge is 2.41. The number of rotatable bonds is 4. The first-order chi connectivity index (χ1) is 6.67. The van der Waals surface area contributed by atoms with E-state index >= 15 is 0 Å². The highest BCUT2D eigenvalue weighted by atomic mass is 79.9. The molecule has 0 spiro atoms. The van der Waals surface area contributed by atoms with Gasteiger partial charge >= 0.3 is 11.9 Å². The smallest absolute Gasteiger partial charge is 0.322 e. The van der Waals surface area contributed by atoms with E-state index < -0.39 is 15.7 Å². The molecule has 0 aliphatic heterocycles. The molecule has 0 bridgehead atoms. The van der Waals surface area contributed by atoms with Crippen LogP contribution in [0.3, 0.4) is 0 Å². The van der Waals surface area contributed by atoms with Crippen molar-refractivity contribution in [3.8, 4) is 0 Å². The van der Waals surface area contributed by atoms with Gasteiger partial charge in [0.1, 0.15) is 4.32 Å². The first kappa shape index (κ1) is 14.4. The standard InChI is InChI=1S/C10H17BrO4/c1-9(2,7(12)14-4)6-10(3,11)8(13)15-5/h6H2,1-5H3. The van der Waals surface area contributed by atoms with Gasteiger partial charge in [-0.25, -0.2) is 0 Å². The fraction of sp³-hybridized carbons (Fsp3) is 0.800. The number of methoxy groups -OCH3 is 2. The van der Waals surface area contributed by atoms with E-state index in [1.54, 1.807) is 20.8 Å². The van der Waals surface area contributed by atoms with Gasteiger partial charge in [-0.2, -0.15) is 0 Å². The average Bonchev–Trinajstić information content (AvgIpc) is 2.13. The number of hydrogen-bond donors (Lipinski definition) is 0. The van der Waals surface area contributed by atoms with Crippen molar-refractivity contribution in [3.63, 3.8) is 0 Å². The van der Waals surface area contributed by atoms with Gasteiger partial charge in [-0.3, -0.25) is 9.59 Å². The Hall–Kier alpha value is -0.580. The SMILES string of the molecule is COC(=O)C(C)(C)CC(C)(Br)C(=O)OC. The maximum Gasteiger partial charge on any atom is 0.322 e. The third kappa shape index (κ3) is 3.81. The molecule has 0 fully saturated rings. The van der Waals surface area contributed by atoms with Crippen LogP contribution < -0.4 is 0 Å². The van der Waals surface area contributed by atoms with Crippen LogP contribution in [0.4, 0.5) is 0 Å². The largest absolute Gasteiger partial charge is 0.469 e. The van der Waals surface area contributed by atoms with Crippen LogP contribution in [0.1, 0.15) is 27.2 Å². The van der Waals surface area contributed by atoms with Gasteiger partial charge in [-0.05, 0) is 27.2 Å². The highest BCUT2D eigenvalue weighted by Crippen LogP contribution is 2.35. The van der Waals surface area contributed by atoms with Crippen molar-refractivity contribution in [3.05, 3.63) is 0 Å². The number of carbonyl (C=O) groups is 2. The van der Waals surface area contributed by atoms with Crippen molar-refractivity contribution in [2.75, 3.05) is 14.2 Å². The predicted molar refractivity (Wildman–Crippen MR) is 59.8 cm³/mol. The quantitative estimate of drug-likeness (QED) is 0.583. The highest BCUT2D eigenvalue weighted by molar-refractivity contribution is 9.10. The summed E-state index contributed by atoms with van der Waals surface area (Å²) in [5, 5.41) is 0. The van der Waals surface area contributed by atoms with Crippen LogP contribution in [0.5, 0.6) is 0 Å². The molecule has 5 heteroatoms. The number of halogens is 1. The molecule has 0 heterocycles. The molecule has 0 aromatic carbocycles. The maximum absolute atomic E-state index is 11.4. The van der Waals surface area contributed by atoms with Gasteiger partial charge in [0, 0.05) is 0 Å². The van der Waals surface area contributed by atoms with Crippen LogP contribution in [0.15, 0.2) is 0 Å². The number of alkyl halides is 1.